The normalized spacial score (nSPS) is 10.5. The van der Waals surface area contributed by atoms with E-state index in [4.69, 9.17) is 5.73 Å². The second kappa shape index (κ2) is 5.17. The minimum Gasteiger partial charge on any atom is -0.398 e. The van der Waals surface area contributed by atoms with Crippen LogP contribution in [0.5, 0.6) is 0 Å². The average Bonchev–Trinajstić information content (AvgIpc) is 2.36. The molecule has 0 aliphatic carbocycles. The van der Waals surface area contributed by atoms with Crippen LogP contribution in [0.2, 0.25) is 0 Å². The molecule has 98 valence electrons. The first-order valence-electron chi connectivity index (χ1n) is 6.07. The standard InChI is InChI=1S/C16H16BrNO/c1-9-6-11(3)13(7-10(9)2)16(19)14-8-12(17)4-5-15(14)18/h4-8H,18H2,1-3H3. The zero-order chi connectivity index (χ0) is 14.2. The number of hydrogen-bond donors (Lipinski definition) is 1. The summed E-state index contributed by atoms with van der Waals surface area (Å²) in [6.45, 7) is 6.01. The maximum atomic E-state index is 12.6. The van der Waals surface area contributed by atoms with E-state index in [2.05, 4.69) is 15.9 Å². The fraction of sp³-hybridized carbons (Fsp3) is 0.188. The van der Waals surface area contributed by atoms with Crippen molar-refractivity contribution in [2.75, 3.05) is 5.73 Å². The molecule has 0 spiro atoms. The molecule has 2 nitrogen and oxygen atoms in total. The molecule has 2 aromatic rings. The number of carbonyl (C=O) groups excluding carboxylic acids is 1. The van der Waals surface area contributed by atoms with Crippen molar-refractivity contribution >= 4 is 27.4 Å². The van der Waals surface area contributed by atoms with Gasteiger partial charge >= 0.3 is 0 Å². The first-order valence-corrected chi connectivity index (χ1v) is 6.87. The molecule has 0 aliphatic rings. The molecule has 2 N–H and O–H groups in total. The van der Waals surface area contributed by atoms with Crippen molar-refractivity contribution < 1.29 is 4.79 Å². The van der Waals surface area contributed by atoms with Gasteiger partial charge in [0, 0.05) is 21.3 Å². The van der Waals surface area contributed by atoms with Gasteiger partial charge in [-0.15, -0.1) is 0 Å². The van der Waals surface area contributed by atoms with E-state index in [0.717, 1.165) is 15.6 Å². The van der Waals surface area contributed by atoms with Gasteiger partial charge in [-0.1, -0.05) is 22.0 Å². The number of anilines is 1. The molecule has 0 saturated heterocycles. The van der Waals surface area contributed by atoms with Gasteiger partial charge in [0.1, 0.15) is 0 Å². The summed E-state index contributed by atoms with van der Waals surface area (Å²) in [5, 5.41) is 0. The molecule has 2 rings (SSSR count). The summed E-state index contributed by atoms with van der Waals surface area (Å²) < 4.78 is 0.853. The predicted molar refractivity (Wildman–Crippen MR) is 82.6 cm³/mol. The Morgan fingerprint density at radius 3 is 2.26 bits per heavy atom. The lowest BCUT2D eigenvalue weighted by atomic mass is 9.94. The first kappa shape index (κ1) is 13.8. The van der Waals surface area contributed by atoms with Gasteiger partial charge in [0.25, 0.3) is 0 Å². The molecule has 0 atom stereocenters. The topological polar surface area (TPSA) is 43.1 Å². The molecule has 0 saturated carbocycles. The van der Waals surface area contributed by atoms with Crippen molar-refractivity contribution in [1.29, 1.82) is 0 Å². The smallest absolute Gasteiger partial charge is 0.195 e. The van der Waals surface area contributed by atoms with E-state index in [1.807, 2.05) is 39.0 Å². The first-order chi connectivity index (χ1) is 8.90. The Balaban J connectivity index is 2.56. The lowest BCUT2D eigenvalue weighted by Gasteiger charge is -2.11. The van der Waals surface area contributed by atoms with Crippen LogP contribution in [-0.2, 0) is 0 Å². The third-order valence-corrected chi connectivity index (χ3v) is 3.84. The Morgan fingerprint density at radius 1 is 0.947 bits per heavy atom. The number of ketones is 1. The molecule has 3 heteroatoms. The van der Waals surface area contributed by atoms with Gasteiger partial charge in [-0.25, -0.2) is 0 Å². The molecule has 0 unspecified atom stereocenters. The molecular formula is C16H16BrNO. The molecule has 0 heterocycles. The van der Waals surface area contributed by atoms with Gasteiger partial charge in [0.15, 0.2) is 5.78 Å². The summed E-state index contributed by atoms with van der Waals surface area (Å²) in [5.74, 6) is -0.0283. The van der Waals surface area contributed by atoms with Crippen molar-refractivity contribution in [2.24, 2.45) is 0 Å². The Bertz CT molecular complexity index is 662. The van der Waals surface area contributed by atoms with E-state index in [1.165, 1.54) is 5.56 Å². The van der Waals surface area contributed by atoms with Gasteiger partial charge in [-0.05, 0) is 61.7 Å². The Labute approximate surface area is 121 Å². The van der Waals surface area contributed by atoms with Crippen LogP contribution in [0.1, 0.15) is 32.6 Å². The third kappa shape index (κ3) is 2.71. The number of nitrogen functional groups attached to an aromatic ring is 1. The summed E-state index contributed by atoms with van der Waals surface area (Å²) in [6.07, 6.45) is 0. The van der Waals surface area contributed by atoms with Crippen LogP contribution in [0.3, 0.4) is 0 Å². The fourth-order valence-corrected chi connectivity index (χ4v) is 2.44. The molecule has 19 heavy (non-hydrogen) atoms. The Hall–Kier alpha value is -1.61. The van der Waals surface area contributed by atoms with E-state index in [-0.39, 0.29) is 5.78 Å². The molecular weight excluding hydrogens is 302 g/mol. The summed E-state index contributed by atoms with van der Waals surface area (Å²) in [6, 6.07) is 9.32. The maximum Gasteiger partial charge on any atom is 0.195 e. The number of halogens is 1. The fourth-order valence-electron chi connectivity index (χ4n) is 2.08. The van der Waals surface area contributed by atoms with Gasteiger partial charge in [-0.3, -0.25) is 4.79 Å². The molecule has 0 fully saturated rings. The van der Waals surface area contributed by atoms with Crippen molar-refractivity contribution in [1.82, 2.24) is 0 Å². The molecule has 0 aromatic heterocycles. The number of aryl methyl sites for hydroxylation is 3. The summed E-state index contributed by atoms with van der Waals surface area (Å²) in [5.41, 5.74) is 11.0. The zero-order valence-corrected chi connectivity index (χ0v) is 12.8. The van der Waals surface area contributed by atoms with Gasteiger partial charge in [0.05, 0.1) is 0 Å². The van der Waals surface area contributed by atoms with Crippen LogP contribution in [0, 0.1) is 20.8 Å². The number of hydrogen-bond acceptors (Lipinski definition) is 2. The minimum atomic E-state index is -0.0283. The van der Waals surface area contributed by atoms with E-state index in [0.29, 0.717) is 16.8 Å². The quantitative estimate of drug-likeness (QED) is 0.666. The van der Waals surface area contributed by atoms with Crippen LogP contribution in [0.15, 0.2) is 34.8 Å². The number of rotatable bonds is 2. The lowest BCUT2D eigenvalue weighted by Crippen LogP contribution is -2.08. The molecule has 0 bridgehead atoms. The summed E-state index contributed by atoms with van der Waals surface area (Å²) in [4.78, 5) is 12.6. The lowest BCUT2D eigenvalue weighted by molar-refractivity contribution is 0.103. The van der Waals surface area contributed by atoms with Crippen molar-refractivity contribution in [3.8, 4) is 0 Å². The highest BCUT2D eigenvalue weighted by Gasteiger charge is 2.15. The van der Waals surface area contributed by atoms with E-state index >= 15 is 0 Å². The summed E-state index contributed by atoms with van der Waals surface area (Å²) >= 11 is 3.37. The minimum absolute atomic E-state index is 0.0283. The van der Waals surface area contributed by atoms with Gasteiger partial charge < -0.3 is 5.73 Å². The van der Waals surface area contributed by atoms with Crippen molar-refractivity contribution in [3.63, 3.8) is 0 Å². The highest BCUT2D eigenvalue weighted by Crippen LogP contribution is 2.24. The largest absolute Gasteiger partial charge is 0.398 e. The van der Waals surface area contributed by atoms with E-state index in [9.17, 15) is 4.79 Å². The maximum absolute atomic E-state index is 12.6. The number of benzene rings is 2. The van der Waals surface area contributed by atoms with Gasteiger partial charge in [0.2, 0.25) is 0 Å². The average molecular weight is 318 g/mol. The van der Waals surface area contributed by atoms with Crippen LogP contribution < -0.4 is 5.73 Å². The number of carbonyl (C=O) groups is 1. The molecule has 0 aliphatic heterocycles. The van der Waals surface area contributed by atoms with Crippen LogP contribution in [0.4, 0.5) is 5.69 Å². The molecule has 0 radical (unpaired) electrons. The summed E-state index contributed by atoms with van der Waals surface area (Å²) in [7, 11) is 0. The predicted octanol–water partition coefficient (Wildman–Crippen LogP) is 4.19. The SMILES string of the molecule is Cc1cc(C)c(C(=O)c2cc(Br)ccc2N)cc1C. The Morgan fingerprint density at radius 2 is 1.58 bits per heavy atom. The van der Waals surface area contributed by atoms with Crippen molar-refractivity contribution in [2.45, 2.75) is 20.8 Å². The number of nitrogens with two attached hydrogens (primary N) is 1. The highest BCUT2D eigenvalue weighted by atomic mass is 79.9. The molecule has 0 amide bonds. The van der Waals surface area contributed by atoms with E-state index in [1.54, 1.807) is 12.1 Å². The molecule has 2 aromatic carbocycles. The third-order valence-electron chi connectivity index (χ3n) is 3.35. The second-order valence-electron chi connectivity index (χ2n) is 4.81. The monoisotopic (exact) mass is 317 g/mol. The van der Waals surface area contributed by atoms with Crippen LogP contribution in [0.25, 0.3) is 0 Å². The van der Waals surface area contributed by atoms with Crippen molar-refractivity contribution in [3.05, 3.63) is 62.6 Å². The van der Waals surface area contributed by atoms with Gasteiger partial charge in [-0.2, -0.15) is 0 Å². The van der Waals surface area contributed by atoms with Crippen LogP contribution in [-0.4, -0.2) is 5.78 Å². The van der Waals surface area contributed by atoms with E-state index < -0.39 is 0 Å². The highest BCUT2D eigenvalue weighted by molar-refractivity contribution is 9.10. The zero-order valence-electron chi connectivity index (χ0n) is 11.3. The second-order valence-corrected chi connectivity index (χ2v) is 5.73. The Kier molecular flexibility index (Phi) is 3.76. The van der Waals surface area contributed by atoms with Crippen LogP contribution >= 0.6 is 15.9 Å².